The molecule has 0 heterocycles. The van der Waals surface area contributed by atoms with Gasteiger partial charge >= 0.3 is 11.9 Å². The van der Waals surface area contributed by atoms with Gasteiger partial charge in [0.05, 0.1) is 0 Å². The van der Waals surface area contributed by atoms with Crippen LogP contribution in [-0.4, -0.2) is 39.1 Å². The number of aliphatic hydroxyl groups is 2. The van der Waals surface area contributed by atoms with Crippen LogP contribution in [0.1, 0.15) is 99.3 Å². The van der Waals surface area contributed by atoms with Crippen molar-refractivity contribution in [3.8, 4) is 0 Å². The Labute approximate surface area is 158 Å². The van der Waals surface area contributed by atoms with E-state index in [1.807, 2.05) is 20.8 Å². The van der Waals surface area contributed by atoms with Crippen LogP contribution in [0.5, 0.6) is 0 Å². The van der Waals surface area contributed by atoms with Crippen LogP contribution >= 0.6 is 0 Å². The van der Waals surface area contributed by atoms with E-state index < -0.39 is 23.0 Å². The second kappa shape index (κ2) is 10.9. The van der Waals surface area contributed by atoms with Crippen LogP contribution in [0, 0.1) is 0 Å². The molecule has 6 heteroatoms. The fraction of sp³-hybridized carbons (Fsp3) is 0.900. The molecule has 0 spiro atoms. The molecule has 0 aromatic rings. The summed E-state index contributed by atoms with van der Waals surface area (Å²) in [4.78, 5) is 23.3. The molecule has 0 aliphatic carbocycles. The molecule has 0 aliphatic heterocycles. The fourth-order valence-electron chi connectivity index (χ4n) is 2.38. The van der Waals surface area contributed by atoms with E-state index in [4.69, 9.17) is 9.47 Å². The Morgan fingerprint density at radius 3 is 1.58 bits per heavy atom. The Bertz CT molecular complexity index is 429. The molecule has 6 nitrogen and oxygen atoms in total. The molecule has 0 saturated heterocycles. The normalized spacial score (nSPS) is 12.8. The monoisotopic (exact) mass is 374 g/mol. The number of ether oxygens (including phenoxy) is 2. The van der Waals surface area contributed by atoms with Gasteiger partial charge in [-0.25, -0.2) is 4.79 Å². The van der Waals surface area contributed by atoms with E-state index in [1.165, 1.54) is 0 Å². The van der Waals surface area contributed by atoms with Crippen molar-refractivity contribution >= 4 is 11.9 Å². The summed E-state index contributed by atoms with van der Waals surface area (Å²) in [5, 5.41) is 19.6. The minimum Gasteiger partial charge on any atom is -0.460 e. The van der Waals surface area contributed by atoms with Gasteiger partial charge in [-0.05, 0) is 54.4 Å². The largest absolute Gasteiger partial charge is 0.460 e. The molecule has 0 aromatic carbocycles. The van der Waals surface area contributed by atoms with Crippen molar-refractivity contribution in [1.29, 1.82) is 0 Å². The SMILES string of the molecule is CC(C)(C)OC(=O)CCCCCCCCCC(O)(O)C(=O)OC(C)(C)C. The van der Waals surface area contributed by atoms with Crippen molar-refractivity contribution < 1.29 is 29.3 Å². The van der Waals surface area contributed by atoms with E-state index in [0.29, 0.717) is 12.8 Å². The van der Waals surface area contributed by atoms with Gasteiger partial charge in [-0.15, -0.1) is 0 Å². The smallest absolute Gasteiger partial charge is 0.366 e. The molecule has 0 atom stereocenters. The molecular formula is C20H38O6. The highest BCUT2D eigenvalue weighted by atomic mass is 16.6. The molecule has 26 heavy (non-hydrogen) atoms. The van der Waals surface area contributed by atoms with Gasteiger partial charge in [0.15, 0.2) is 0 Å². The average Bonchev–Trinajstić information content (AvgIpc) is 2.41. The van der Waals surface area contributed by atoms with Gasteiger partial charge in [-0.1, -0.05) is 32.1 Å². The van der Waals surface area contributed by atoms with Crippen LogP contribution in [-0.2, 0) is 19.1 Å². The summed E-state index contributed by atoms with van der Waals surface area (Å²) in [6, 6.07) is 0. The first-order valence-corrected chi connectivity index (χ1v) is 9.63. The predicted molar refractivity (Wildman–Crippen MR) is 100 cm³/mol. The molecule has 0 bridgehead atoms. The van der Waals surface area contributed by atoms with Crippen molar-refractivity contribution in [2.45, 2.75) is 116 Å². The third-order valence-electron chi connectivity index (χ3n) is 3.55. The van der Waals surface area contributed by atoms with Crippen molar-refractivity contribution in [2.75, 3.05) is 0 Å². The van der Waals surface area contributed by atoms with Gasteiger partial charge in [-0.2, -0.15) is 0 Å². The molecule has 0 saturated carbocycles. The molecule has 0 unspecified atom stereocenters. The first-order valence-electron chi connectivity index (χ1n) is 9.63. The van der Waals surface area contributed by atoms with Gasteiger partial charge < -0.3 is 19.7 Å². The predicted octanol–water partition coefficient (Wildman–Crippen LogP) is 3.86. The Morgan fingerprint density at radius 1 is 0.692 bits per heavy atom. The minimum atomic E-state index is -2.42. The summed E-state index contributed by atoms with van der Waals surface area (Å²) in [7, 11) is 0. The van der Waals surface area contributed by atoms with Crippen LogP contribution in [0.2, 0.25) is 0 Å². The lowest BCUT2D eigenvalue weighted by molar-refractivity contribution is -0.221. The third-order valence-corrected chi connectivity index (χ3v) is 3.55. The maximum atomic E-state index is 11.7. The van der Waals surface area contributed by atoms with Crippen LogP contribution in [0.4, 0.5) is 0 Å². The molecule has 2 N–H and O–H groups in total. The van der Waals surface area contributed by atoms with Crippen LogP contribution in [0.25, 0.3) is 0 Å². The van der Waals surface area contributed by atoms with Crippen molar-refractivity contribution in [3.05, 3.63) is 0 Å². The number of hydrogen-bond acceptors (Lipinski definition) is 6. The topological polar surface area (TPSA) is 93.1 Å². The summed E-state index contributed by atoms with van der Waals surface area (Å²) in [6.07, 6.45) is 6.58. The highest BCUT2D eigenvalue weighted by molar-refractivity contribution is 5.77. The number of carbonyl (C=O) groups excluding carboxylic acids is 2. The third kappa shape index (κ3) is 14.1. The van der Waals surface area contributed by atoms with Gasteiger partial charge in [-0.3, -0.25) is 4.79 Å². The van der Waals surface area contributed by atoms with E-state index in [2.05, 4.69) is 0 Å². The second-order valence-electron chi connectivity index (χ2n) is 8.88. The molecule has 0 amide bonds. The number of rotatable bonds is 11. The lowest BCUT2D eigenvalue weighted by atomic mass is 10.0. The van der Waals surface area contributed by atoms with Gasteiger partial charge in [0.1, 0.15) is 11.2 Å². The number of esters is 2. The second-order valence-corrected chi connectivity index (χ2v) is 8.88. The van der Waals surface area contributed by atoms with Crippen LogP contribution in [0.15, 0.2) is 0 Å². The number of carbonyl (C=O) groups is 2. The first-order chi connectivity index (χ1) is 11.7. The Hall–Kier alpha value is -1.14. The summed E-state index contributed by atoms with van der Waals surface area (Å²) in [6.45, 7) is 10.6. The Kier molecular flexibility index (Phi) is 10.4. The molecule has 0 radical (unpaired) electrons. The zero-order chi connectivity index (χ0) is 20.4. The molecule has 154 valence electrons. The average molecular weight is 375 g/mol. The van der Waals surface area contributed by atoms with Crippen molar-refractivity contribution in [1.82, 2.24) is 0 Å². The summed E-state index contributed by atoms with van der Waals surface area (Å²) < 4.78 is 10.3. The lowest BCUT2D eigenvalue weighted by Gasteiger charge is -2.26. The Balaban J connectivity index is 3.70. The fourth-order valence-corrected chi connectivity index (χ4v) is 2.38. The van der Waals surface area contributed by atoms with Crippen molar-refractivity contribution in [2.24, 2.45) is 0 Å². The number of unbranched alkanes of at least 4 members (excludes halogenated alkanes) is 6. The van der Waals surface area contributed by atoms with E-state index >= 15 is 0 Å². The quantitative estimate of drug-likeness (QED) is 0.324. The summed E-state index contributed by atoms with van der Waals surface area (Å²) in [5.41, 5.74) is -1.17. The van der Waals surface area contributed by atoms with Gasteiger partial charge in [0.2, 0.25) is 0 Å². The van der Waals surface area contributed by atoms with Gasteiger partial charge in [0, 0.05) is 12.8 Å². The first kappa shape index (κ1) is 24.9. The maximum absolute atomic E-state index is 11.7. The Morgan fingerprint density at radius 2 is 1.12 bits per heavy atom. The van der Waals surface area contributed by atoms with Crippen LogP contribution in [0.3, 0.4) is 0 Å². The zero-order valence-corrected chi connectivity index (χ0v) is 17.4. The molecule has 0 fully saturated rings. The molecule has 0 rings (SSSR count). The number of hydrogen-bond donors (Lipinski definition) is 2. The molecular weight excluding hydrogens is 336 g/mol. The summed E-state index contributed by atoms with van der Waals surface area (Å²) in [5.74, 6) is -3.56. The van der Waals surface area contributed by atoms with Crippen molar-refractivity contribution in [3.63, 3.8) is 0 Å². The minimum absolute atomic E-state index is 0.0272. The lowest BCUT2D eigenvalue weighted by Crippen LogP contribution is -2.43. The highest BCUT2D eigenvalue weighted by Crippen LogP contribution is 2.19. The molecule has 0 aliphatic rings. The molecule has 0 aromatic heterocycles. The van der Waals surface area contributed by atoms with E-state index in [1.54, 1.807) is 20.8 Å². The van der Waals surface area contributed by atoms with Gasteiger partial charge in [0.25, 0.3) is 5.79 Å². The summed E-state index contributed by atoms with van der Waals surface area (Å²) >= 11 is 0. The maximum Gasteiger partial charge on any atom is 0.366 e. The van der Waals surface area contributed by atoms with E-state index in [9.17, 15) is 19.8 Å². The zero-order valence-electron chi connectivity index (χ0n) is 17.4. The van der Waals surface area contributed by atoms with E-state index in [-0.39, 0.29) is 12.4 Å². The van der Waals surface area contributed by atoms with E-state index in [0.717, 1.165) is 38.5 Å². The van der Waals surface area contributed by atoms with Crippen LogP contribution < -0.4 is 0 Å². The highest BCUT2D eigenvalue weighted by Gasteiger charge is 2.36. The standard InChI is InChI=1S/C20H38O6/c1-18(2,3)25-16(21)14-12-10-8-7-9-11-13-15-20(23,24)17(22)26-19(4,5)6/h23-24H,7-15H2,1-6H3.